The van der Waals surface area contributed by atoms with Crippen LogP contribution in [0.2, 0.25) is 0 Å². The van der Waals surface area contributed by atoms with Gasteiger partial charge in [-0.15, -0.1) is 0 Å². The smallest absolute Gasteiger partial charge is 0.326 e. The predicted octanol–water partition coefficient (Wildman–Crippen LogP) is -3.12. The highest BCUT2D eigenvalue weighted by atomic mass is 16.4. The largest absolute Gasteiger partial charge is 0.508 e. The molecule has 1 heterocycles. The lowest BCUT2D eigenvalue weighted by molar-refractivity contribution is -0.145. The molecule has 0 bridgehead atoms. The lowest BCUT2D eigenvalue weighted by Gasteiger charge is -2.28. The third-order valence-electron chi connectivity index (χ3n) is 17.6. The van der Waals surface area contributed by atoms with Crippen LogP contribution in [-0.4, -0.2) is 208 Å². The Morgan fingerprint density at radius 1 is 0.459 bits per heavy atom. The number of nitrogens with one attached hydrogen (secondary N) is 14. The molecule has 36 nitrogen and oxygen atoms in total. The second-order valence-corrected chi connectivity index (χ2v) is 26.6. The number of phenolic OH excluding ortho intramolecular Hbond substituents is 1. The van der Waals surface area contributed by atoms with Crippen molar-refractivity contribution in [3.8, 4) is 5.75 Å². The monoisotopic (exact) mass is 1520 g/mol. The van der Waals surface area contributed by atoms with Crippen molar-refractivity contribution < 1.29 is 82.4 Å². The number of nitrogens with two attached hydrogens (primary N) is 4. The molecule has 0 spiro atoms. The first-order valence-corrected chi connectivity index (χ1v) is 35.6. The molecule has 0 radical (unpaired) electrons. The molecule has 5 rings (SSSR count). The summed E-state index contributed by atoms with van der Waals surface area (Å²) in [6.07, 6.45) is -2.36. The first-order chi connectivity index (χ1) is 51.8. The van der Waals surface area contributed by atoms with Crippen LogP contribution in [0.15, 0.2) is 115 Å². The van der Waals surface area contributed by atoms with E-state index in [0.717, 1.165) is 0 Å². The molecular formula is C73H101N19O17. The van der Waals surface area contributed by atoms with Gasteiger partial charge in [0.05, 0.1) is 12.6 Å². The van der Waals surface area contributed by atoms with E-state index in [1.807, 2.05) is 0 Å². The number of aliphatic carboxylic acids is 2. The fourth-order valence-corrected chi connectivity index (χ4v) is 11.6. The summed E-state index contributed by atoms with van der Waals surface area (Å²) >= 11 is 0. The molecule has 1 aliphatic rings. The van der Waals surface area contributed by atoms with Crippen LogP contribution in [0, 0.1) is 16.7 Å². The zero-order valence-electron chi connectivity index (χ0n) is 60.9. The van der Waals surface area contributed by atoms with Gasteiger partial charge in [-0.1, -0.05) is 117 Å². The molecule has 36 heteroatoms. The van der Waals surface area contributed by atoms with Crippen molar-refractivity contribution in [1.82, 2.24) is 68.7 Å². The first kappa shape index (κ1) is 87.4. The van der Waals surface area contributed by atoms with Gasteiger partial charge in [-0.3, -0.25) is 73.1 Å². The molecule has 25 N–H and O–H groups in total. The van der Waals surface area contributed by atoms with Gasteiger partial charge in [0.25, 0.3) is 0 Å². The van der Waals surface area contributed by atoms with E-state index in [-0.39, 0.29) is 89.6 Å². The molecule has 0 aliphatic carbocycles. The normalized spacial score (nSPS) is 15.1. The minimum Gasteiger partial charge on any atom is -0.508 e. The predicted molar refractivity (Wildman–Crippen MR) is 397 cm³/mol. The fourth-order valence-electron chi connectivity index (χ4n) is 11.6. The van der Waals surface area contributed by atoms with Crippen molar-refractivity contribution in [1.29, 1.82) is 10.8 Å². The maximum atomic E-state index is 15.0. The van der Waals surface area contributed by atoms with Gasteiger partial charge in [0.15, 0.2) is 11.9 Å². The summed E-state index contributed by atoms with van der Waals surface area (Å²) in [4.78, 5) is 194. The van der Waals surface area contributed by atoms with Gasteiger partial charge in [0, 0.05) is 51.7 Å². The minimum atomic E-state index is -1.70. The number of carboxylic acids is 2. The van der Waals surface area contributed by atoms with Crippen molar-refractivity contribution in [2.24, 2.45) is 28.9 Å². The van der Waals surface area contributed by atoms with E-state index in [4.69, 9.17) is 33.8 Å². The van der Waals surface area contributed by atoms with Crippen LogP contribution < -0.4 is 86.7 Å². The number of guanidine groups is 2. The number of nitrogens with zero attached hydrogens (tertiary/aromatic N) is 1. The van der Waals surface area contributed by atoms with Crippen LogP contribution in [0.3, 0.4) is 0 Å². The minimum absolute atomic E-state index is 0.00354. The van der Waals surface area contributed by atoms with E-state index < -0.39 is 193 Å². The van der Waals surface area contributed by atoms with Gasteiger partial charge in [-0.05, 0) is 105 Å². The van der Waals surface area contributed by atoms with Gasteiger partial charge in [-0.25, -0.2) is 4.79 Å². The SMILES string of the molecule is CC(C)[C@H](NC(=O)[C@@H]1CCCN1C(=O)CNC(=O)[C@H](Cc1ccccc1)NC(=O)[C@H](Cc1ccccc1)NC(=O)[C@H](CCCNC(=N)N)NC(=O)[C@H](CCCNC(=N)N)NC(=O)[C@H](Cc1ccccc1)NC(=O)[C@H](C)NC(=O)[C@H](CCC(=O)O)NC(=O)[C@H](CCC(N)=O)NC(=O)[C@@H](N)Cc1ccc(O)cc1)C(=O)O. The lowest BCUT2D eigenvalue weighted by Crippen LogP contribution is -2.60. The van der Waals surface area contributed by atoms with E-state index in [9.17, 15) is 82.4 Å². The van der Waals surface area contributed by atoms with Crippen LogP contribution in [0.25, 0.3) is 0 Å². The molecule has 4 aromatic carbocycles. The van der Waals surface area contributed by atoms with Crippen LogP contribution in [0.1, 0.15) is 107 Å². The Kier molecular flexibility index (Phi) is 35.8. The molecule has 1 aliphatic heterocycles. The number of primary amides is 1. The summed E-state index contributed by atoms with van der Waals surface area (Å²) in [7, 11) is 0. The zero-order valence-corrected chi connectivity index (χ0v) is 60.9. The number of carbonyl (C=O) groups is 14. The molecule has 0 unspecified atom stereocenters. The lowest BCUT2D eigenvalue weighted by atomic mass is 10.0. The summed E-state index contributed by atoms with van der Waals surface area (Å²) < 4.78 is 0. The van der Waals surface area contributed by atoms with Crippen LogP contribution in [0.5, 0.6) is 5.75 Å². The highest BCUT2D eigenvalue weighted by Gasteiger charge is 2.39. The van der Waals surface area contributed by atoms with Crippen LogP contribution >= 0.6 is 0 Å². The van der Waals surface area contributed by atoms with Crippen molar-refractivity contribution in [3.63, 3.8) is 0 Å². The van der Waals surface area contributed by atoms with E-state index in [1.165, 1.54) is 36.1 Å². The molecule has 4 aromatic rings. The number of carbonyl (C=O) groups excluding carboxylic acids is 12. The molecule has 12 amide bonds. The topological polar surface area (TPSA) is 599 Å². The Bertz CT molecular complexity index is 3800. The number of likely N-dealkylation sites (tertiary alicyclic amines) is 1. The summed E-state index contributed by atoms with van der Waals surface area (Å²) in [5.74, 6) is -14.8. The van der Waals surface area contributed by atoms with Gasteiger partial charge in [0.1, 0.15) is 66.2 Å². The van der Waals surface area contributed by atoms with E-state index in [1.54, 1.807) is 105 Å². The maximum Gasteiger partial charge on any atom is 0.326 e. The van der Waals surface area contributed by atoms with Crippen LogP contribution in [0.4, 0.5) is 0 Å². The number of hydrogen-bond acceptors (Lipinski definition) is 18. The van der Waals surface area contributed by atoms with Crippen molar-refractivity contribution >= 4 is 94.7 Å². The van der Waals surface area contributed by atoms with Crippen molar-refractivity contribution in [2.45, 2.75) is 177 Å². The summed E-state index contributed by atoms with van der Waals surface area (Å²) in [5.41, 5.74) is 24.8. The average molecular weight is 1520 g/mol. The number of phenols is 1. The fraction of sp³-hybridized carbons (Fsp3) is 0.452. The van der Waals surface area contributed by atoms with Gasteiger partial charge in [-0.2, -0.15) is 0 Å². The Morgan fingerprint density at radius 3 is 1.27 bits per heavy atom. The number of rotatable bonds is 45. The second-order valence-electron chi connectivity index (χ2n) is 26.6. The highest BCUT2D eigenvalue weighted by Crippen LogP contribution is 2.20. The van der Waals surface area contributed by atoms with Gasteiger partial charge >= 0.3 is 11.9 Å². The first-order valence-electron chi connectivity index (χ1n) is 35.6. The molecule has 590 valence electrons. The van der Waals surface area contributed by atoms with E-state index in [0.29, 0.717) is 28.7 Å². The summed E-state index contributed by atoms with van der Waals surface area (Å²) in [5, 5.41) is 75.5. The zero-order chi connectivity index (χ0) is 80.3. The Balaban J connectivity index is 1.40. The van der Waals surface area contributed by atoms with Gasteiger partial charge < -0.3 is 107 Å². The third kappa shape index (κ3) is 31.0. The standard InChI is InChI=1S/C73H101N19O17/c1-41(2)60(71(108)109)91-70(107)56-24-15-35-92(56)58(95)40-82-63(100)53(37-43-16-7-4-8-17-43)89-69(106)55(39-45-20-11-6-12-21-45)90-66(103)50(23-14-34-81-73(78)79)85-65(102)49(22-13-33-80-72(76)77)86-68(105)54(38-44-18-9-5-10-19-44)88-61(98)42(3)83-64(101)52(30-32-59(96)97)87-67(104)51(29-31-57(75)94)84-62(99)48(74)36-46-25-27-47(93)28-26-46/h4-12,16-21,25-28,41-42,48-56,60,93H,13-15,22-24,29-40,74H2,1-3H3,(H2,75,94)(H,82,100)(H,83,101)(H,84,99)(H,85,102)(H,86,105)(H,87,104)(H,88,98)(H,89,106)(H,90,103)(H,91,107)(H,96,97)(H,108,109)(H4,76,77,80)(H4,78,79,81)/t42-,48-,49-,50-,51-,52-,53-,54-,55-,56-,60-/m0/s1. The van der Waals surface area contributed by atoms with Crippen molar-refractivity contribution in [3.05, 3.63) is 138 Å². The molecule has 1 saturated heterocycles. The Hall–Kier alpha value is -12.2. The number of benzene rings is 4. The van der Waals surface area contributed by atoms with E-state index >= 15 is 0 Å². The molecule has 0 aromatic heterocycles. The molecule has 1 fully saturated rings. The third-order valence-corrected chi connectivity index (χ3v) is 17.6. The molecule has 11 atom stereocenters. The molecule has 0 saturated carbocycles. The number of amides is 12. The maximum absolute atomic E-state index is 15.0. The Labute approximate surface area is 629 Å². The summed E-state index contributed by atoms with van der Waals surface area (Å²) in [6, 6.07) is 15.1. The quantitative estimate of drug-likeness (QED) is 0.0118. The van der Waals surface area contributed by atoms with Crippen molar-refractivity contribution in [2.75, 3.05) is 26.2 Å². The molecular weight excluding hydrogens is 1410 g/mol. The number of carboxylic acid groups (broad SMARTS) is 2. The van der Waals surface area contributed by atoms with E-state index in [2.05, 4.69) is 63.8 Å². The summed E-state index contributed by atoms with van der Waals surface area (Å²) in [6.45, 7) is 3.96. The molecule has 109 heavy (non-hydrogen) atoms. The second kappa shape index (κ2) is 44.7. The van der Waals surface area contributed by atoms with Crippen LogP contribution in [-0.2, 0) is 92.8 Å². The number of aromatic hydroxyl groups is 1. The average Bonchev–Trinajstić information content (AvgIpc) is 1.80. The Morgan fingerprint density at radius 2 is 0.844 bits per heavy atom. The number of hydrogen-bond donors (Lipinski definition) is 21. The van der Waals surface area contributed by atoms with Gasteiger partial charge in [0.2, 0.25) is 70.9 Å². The highest BCUT2D eigenvalue weighted by molar-refractivity contribution is 5.99.